The lowest BCUT2D eigenvalue weighted by molar-refractivity contribution is -0.143. The van der Waals surface area contributed by atoms with E-state index >= 15 is 0 Å². The van der Waals surface area contributed by atoms with Crippen molar-refractivity contribution in [3.05, 3.63) is 52.0 Å². The van der Waals surface area contributed by atoms with Gasteiger partial charge < -0.3 is 14.4 Å². The molecule has 1 aliphatic carbocycles. The SMILES string of the molecule is CCOC(=O)CCN(CC1CC1)C(=O)C=Cc1cccc(OCc2csc(C)n2)c1. The van der Waals surface area contributed by atoms with Gasteiger partial charge in [0.2, 0.25) is 5.91 Å². The summed E-state index contributed by atoms with van der Waals surface area (Å²) >= 11 is 1.60. The summed E-state index contributed by atoms with van der Waals surface area (Å²) in [6, 6.07) is 7.60. The first-order valence-corrected chi connectivity index (χ1v) is 11.2. The molecule has 1 saturated carbocycles. The third-order valence-corrected chi connectivity index (χ3v) is 5.53. The zero-order chi connectivity index (χ0) is 21.3. The van der Waals surface area contributed by atoms with Gasteiger partial charge in [0.05, 0.1) is 23.7 Å². The Labute approximate surface area is 181 Å². The summed E-state index contributed by atoms with van der Waals surface area (Å²) in [5.74, 6) is 0.925. The van der Waals surface area contributed by atoms with Crippen molar-refractivity contribution >= 4 is 29.3 Å². The molecule has 0 saturated heterocycles. The van der Waals surface area contributed by atoms with Gasteiger partial charge in [-0.3, -0.25) is 9.59 Å². The number of nitrogens with zero attached hydrogens (tertiary/aromatic N) is 2. The van der Waals surface area contributed by atoms with Gasteiger partial charge in [-0.05, 0) is 56.4 Å². The van der Waals surface area contributed by atoms with E-state index in [1.807, 2.05) is 36.6 Å². The van der Waals surface area contributed by atoms with E-state index in [1.54, 1.807) is 35.3 Å². The molecule has 3 rings (SSSR count). The molecule has 1 aromatic carbocycles. The summed E-state index contributed by atoms with van der Waals surface area (Å²) in [7, 11) is 0. The summed E-state index contributed by atoms with van der Waals surface area (Å²) in [5.41, 5.74) is 1.79. The van der Waals surface area contributed by atoms with Gasteiger partial charge in [-0.15, -0.1) is 11.3 Å². The van der Waals surface area contributed by atoms with Crippen LogP contribution in [0.1, 0.15) is 42.5 Å². The van der Waals surface area contributed by atoms with Crippen molar-refractivity contribution in [3.63, 3.8) is 0 Å². The Kier molecular flexibility index (Phi) is 8.02. The van der Waals surface area contributed by atoms with Crippen LogP contribution in [-0.4, -0.2) is 41.5 Å². The number of hydrogen-bond donors (Lipinski definition) is 0. The van der Waals surface area contributed by atoms with Crippen molar-refractivity contribution in [3.8, 4) is 5.75 Å². The summed E-state index contributed by atoms with van der Waals surface area (Å²) in [4.78, 5) is 30.5. The van der Waals surface area contributed by atoms with Crippen LogP contribution in [0.5, 0.6) is 5.75 Å². The van der Waals surface area contributed by atoms with Crippen molar-refractivity contribution in [2.75, 3.05) is 19.7 Å². The number of thiazole rings is 1. The molecule has 0 atom stereocenters. The maximum atomic E-state index is 12.7. The van der Waals surface area contributed by atoms with Crippen LogP contribution in [0.3, 0.4) is 0 Å². The third-order valence-electron chi connectivity index (χ3n) is 4.71. The molecule has 0 spiro atoms. The molecular weight excluding hydrogens is 400 g/mol. The standard InChI is InChI=1S/C23H28N2O4S/c1-3-28-23(27)11-12-25(14-19-7-8-19)22(26)10-9-18-5-4-6-21(13-18)29-15-20-16-30-17(2)24-20/h4-6,9-10,13,16,19H,3,7-8,11-12,14-15H2,1-2H3. The van der Waals surface area contributed by atoms with Gasteiger partial charge in [0.25, 0.3) is 0 Å². The highest BCUT2D eigenvalue weighted by Crippen LogP contribution is 2.30. The zero-order valence-corrected chi connectivity index (χ0v) is 18.3. The Morgan fingerprint density at radius 2 is 2.17 bits per heavy atom. The van der Waals surface area contributed by atoms with Crippen molar-refractivity contribution < 1.29 is 19.1 Å². The number of esters is 1. The number of aromatic nitrogens is 1. The van der Waals surface area contributed by atoms with E-state index in [0.717, 1.165) is 34.9 Å². The van der Waals surface area contributed by atoms with E-state index in [-0.39, 0.29) is 18.3 Å². The molecule has 1 heterocycles. The summed E-state index contributed by atoms with van der Waals surface area (Å²) in [6.45, 7) is 5.60. The molecule has 160 valence electrons. The molecule has 1 fully saturated rings. The highest BCUT2D eigenvalue weighted by molar-refractivity contribution is 7.09. The summed E-state index contributed by atoms with van der Waals surface area (Å²) in [6.07, 6.45) is 5.86. The minimum absolute atomic E-state index is 0.0875. The van der Waals surface area contributed by atoms with Crippen LogP contribution in [0.15, 0.2) is 35.7 Å². The molecule has 0 bridgehead atoms. The van der Waals surface area contributed by atoms with Crippen LogP contribution in [0, 0.1) is 12.8 Å². The zero-order valence-electron chi connectivity index (χ0n) is 17.5. The van der Waals surface area contributed by atoms with Gasteiger partial charge in [0, 0.05) is 24.5 Å². The highest BCUT2D eigenvalue weighted by Gasteiger charge is 2.26. The second-order valence-corrected chi connectivity index (χ2v) is 8.40. The molecule has 0 unspecified atom stereocenters. The van der Waals surface area contributed by atoms with Crippen molar-refractivity contribution in [1.29, 1.82) is 0 Å². The summed E-state index contributed by atoms with van der Waals surface area (Å²) < 4.78 is 10.8. The number of amides is 1. The lowest BCUT2D eigenvalue weighted by Crippen LogP contribution is -2.33. The lowest BCUT2D eigenvalue weighted by atomic mass is 10.2. The highest BCUT2D eigenvalue weighted by atomic mass is 32.1. The van der Waals surface area contributed by atoms with Crippen molar-refractivity contribution in [2.24, 2.45) is 5.92 Å². The Morgan fingerprint density at radius 3 is 2.87 bits per heavy atom. The predicted molar refractivity (Wildman–Crippen MR) is 117 cm³/mol. The number of carbonyl (C=O) groups is 2. The van der Waals surface area contributed by atoms with E-state index < -0.39 is 0 Å². The molecule has 6 nitrogen and oxygen atoms in total. The average molecular weight is 429 g/mol. The normalized spacial score (nSPS) is 13.4. The minimum atomic E-state index is -0.268. The molecule has 0 radical (unpaired) electrons. The predicted octanol–water partition coefficient (Wildman–Crippen LogP) is 4.24. The molecule has 1 amide bonds. The number of carbonyl (C=O) groups excluding carboxylic acids is 2. The van der Waals surface area contributed by atoms with Gasteiger partial charge in [0.1, 0.15) is 12.4 Å². The minimum Gasteiger partial charge on any atom is -0.487 e. The average Bonchev–Trinajstić information content (AvgIpc) is 3.46. The van der Waals surface area contributed by atoms with E-state index in [4.69, 9.17) is 9.47 Å². The lowest BCUT2D eigenvalue weighted by Gasteiger charge is -2.20. The van der Waals surface area contributed by atoms with Crippen LogP contribution < -0.4 is 4.74 Å². The molecule has 30 heavy (non-hydrogen) atoms. The van der Waals surface area contributed by atoms with E-state index in [1.165, 1.54) is 0 Å². The number of aryl methyl sites for hydroxylation is 1. The first kappa shape index (κ1) is 22.0. The topological polar surface area (TPSA) is 68.7 Å². The second kappa shape index (κ2) is 10.9. The number of ether oxygens (including phenoxy) is 2. The maximum Gasteiger partial charge on any atom is 0.307 e. The van der Waals surface area contributed by atoms with Gasteiger partial charge >= 0.3 is 5.97 Å². The molecule has 1 aliphatic rings. The number of rotatable bonds is 11. The number of benzene rings is 1. The van der Waals surface area contributed by atoms with Gasteiger partial charge in [-0.25, -0.2) is 4.98 Å². The van der Waals surface area contributed by atoms with Gasteiger partial charge in [-0.1, -0.05) is 12.1 Å². The van der Waals surface area contributed by atoms with Crippen LogP contribution in [0.25, 0.3) is 6.08 Å². The van der Waals surface area contributed by atoms with Crippen LogP contribution in [0.2, 0.25) is 0 Å². The quantitative estimate of drug-likeness (QED) is 0.396. The Bertz CT molecular complexity index is 889. The van der Waals surface area contributed by atoms with Crippen molar-refractivity contribution in [2.45, 2.75) is 39.7 Å². The fourth-order valence-corrected chi connectivity index (χ4v) is 3.57. The Hall–Kier alpha value is -2.67. The first-order chi connectivity index (χ1) is 14.5. The number of hydrogen-bond acceptors (Lipinski definition) is 6. The Morgan fingerprint density at radius 1 is 1.33 bits per heavy atom. The van der Waals surface area contributed by atoms with Gasteiger partial charge in [0.15, 0.2) is 0 Å². The summed E-state index contributed by atoms with van der Waals surface area (Å²) in [5, 5.41) is 3.00. The second-order valence-electron chi connectivity index (χ2n) is 7.34. The van der Waals surface area contributed by atoms with E-state index in [0.29, 0.717) is 32.2 Å². The first-order valence-electron chi connectivity index (χ1n) is 10.3. The Balaban J connectivity index is 1.56. The van der Waals surface area contributed by atoms with Crippen LogP contribution in [0.4, 0.5) is 0 Å². The molecule has 2 aromatic rings. The molecular formula is C23H28N2O4S. The molecule has 0 N–H and O–H groups in total. The van der Waals surface area contributed by atoms with Gasteiger partial charge in [-0.2, -0.15) is 0 Å². The van der Waals surface area contributed by atoms with E-state index in [9.17, 15) is 9.59 Å². The third kappa shape index (κ3) is 7.30. The molecule has 0 aliphatic heterocycles. The van der Waals surface area contributed by atoms with Crippen LogP contribution in [-0.2, 0) is 20.9 Å². The van der Waals surface area contributed by atoms with Crippen molar-refractivity contribution in [1.82, 2.24) is 9.88 Å². The molecule has 1 aromatic heterocycles. The largest absolute Gasteiger partial charge is 0.487 e. The fraction of sp³-hybridized carbons (Fsp3) is 0.435. The van der Waals surface area contributed by atoms with E-state index in [2.05, 4.69) is 4.98 Å². The monoisotopic (exact) mass is 428 g/mol. The molecule has 7 heteroatoms. The smallest absolute Gasteiger partial charge is 0.307 e. The fourth-order valence-electron chi connectivity index (χ4n) is 2.98. The van der Waals surface area contributed by atoms with Crippen LogP contribution >= 0.6 is 11.3 Å². The maximum absolute atomic E-state index is 12.7.